The maximum absolute atomic E-state index is 12.4. The number of nitrogens with one attached hydrogen (secondary N) is 1. The minimum Gasteiger partial charge on any atom is -0.375 e. The normalized spacial score (nSPS) is 12.7. The quantitative estimate of drug-likeness (QED) is 0.606. The van der Waals surface area contributed by atoms with E-state index in [-0.39, 0.29) is 11.1 Å². The highest BCUT2D eigenvalue weighted by molar-refractivity contribution is 7.88. The van der Waals surface area contributed by atoms with Gasteiger partial charge in [0.1, 0.15) is 0 Å². The Morgan fingerprint density at radius 1 is 1.15 bits per heavy atom. The summed E-state index contributed by atoms with van der Waals surface area (Å²) in [6, 6.07) is 9.31. The average Bonchev–Trinajstić information content (AvgIpc) is 2.95. The summed E-state index contributed by atoms with van der Waals surface area (Å²) in [4.78, 5) is 13.6. The van der Waals surface area contributed by atoms with Gasteiger partial charge in [-0.2, -0.15) is 21.6 Å². The van der Waals surface area contributed by atoms with Crippen molar-refractivity contribution in [2.24, 2.45) is 0 Å². The molecule has 0 aliphatic carbocycles. The fourth-order valence-electron chi connectivity index (χ4n) is 1.78. The van der Waals surface area contributed by atoms with E-state index in [9.17, 15) is 26.4 Å². The lowest BCUT2D eigenvalue weighted by atomic mass is 9.95. The molecule has 0 bridgehead atoms. The van der Waals surface area contributed by atoms with Crippen LogP contribution in [-0.4, -0.2) is 19.8 Å². The minimum absolute atomic E-state index is 0.0180. The van der Waals surface area contributed by atoms with Gasteiger partial charge in [-0.25, -0.2) is 0 Å². The van der Waals surface area contributed by atoms with Crippen LogP contribution in [0.1, 0.15) is 35.3 Å². The Morgan fingerprint density at radius 2 is 1.81 bits per heavy atom. The lowest BCUT2D eigenvalue weighted by Gasteiger charge is -2.15. The number of thiophene rings is 1. The molecule has 1 heterocycles. The van der Waals surface area contributed by atoms with Gasteiger partial charge in [-0.15, -0.1) is 11.3 Å². The van der Waals surface area contributed by atoms with E-state index in [1.165, 1.54) is 23.5 Å². The number of alkyl halides is 3. The van der Waals surface area contributed by atoms with Crippen molar-refractivity contribution in [3.8, 4) is 5.75 Å². The zero-order valence-electron chi connectivity index (χ0n) is 14.0. The summed E-state index contributed by atoms with van der Waals surface area (Å²) < 4.78 is 63.1. The van der Waals surface area contributed by atoms with Crippen molar-refractivity contribution in [1.82, 2.24) is 0 Å². The maximum Gasteiger partial charge on any atom is 0.534 e. The third-order valence-electron chi connectivity index (χ3n) is 3.07. The third kappa shape index (κ3) is 4.76. The van der Waals surface area contributed by atoms with Crippen LogP contribution in [0.3, 0.4) is 0 Å². The van der Waals surface area contributed by atoms with Crippen LogP contribution in [0.2, 0.25) is 0 Å². The molecule has 2 rings (SSSR count). The average molecular weight is 406 g/mol. The fraction of sp³-hybridized carbons (Fsp3) is 0.312. The van der Waals surface area contributed by atoms with Crippen molar-refractivity contribution in [2.45, 2.75) is 31.7 Å². The first-order chi connectivity index (χ1) is 11.8. The predicted octanol–water partition coefficient (Wildman–Crippen LogP) is 4.33. The van der Waals surface area contributed by atoms with E-state index < -0.39 is 27.3 Å². The van der Waals surface area contributed by atoms with Crippen LogP contribution >= 0.6 is 11.3 Å². The van der Waals surface area contributed by atoms with Crippen molar-refractivity contribution < 1.29 is 30.6 Å². The van der Waals surface area contributed by atoms with E-state index in [0.29, 0.717) is 4.88 Å². The smallest absolute Gasteiger partial charge is 0.375 e. The molecule has 0 saturated carbocycles. The Labute approximate surface area is 152 Å². The Hall–Kier alpha value is -2.07. The highest BCUT2D eigenvalue weighted by atomic mass is 32.2. The second kappa shape index (κ2) is 6.92. The molecule has 0 saturated heterocycles. The van der Waals surface area contributed by atoms with Gasteiger partial charge < -0.3 is 9.50 Å². The zero-order valence-corrected chi connectivity index (χ0v) is 15.6. The van der Waals surface area contributed by atoms with Crippen molar-refractivity contribution in [3.05, 3.63) is 46.2 Å². The highest BCUT2D eigenvalue weighted by Gasteiger charge is 2.48. The molecule has 0 atom stereocenters. The topological polar surface area (TPSA) is 72.5 Å². The molecule has 26 heavy (non-hydrogen) atoms. The van der Waals surface area contributed by atoms with E-state index in [1.807, 2.05) is 26.8 Å². The van der Waals surface area contributed by atoms with Crippen LogP contribution < -0.4 is 9.50 Å². The first kappa shape index (κ1) is 20.2. The van der Waals surface area contributed by atoms with E-state index >= 15 is 0 Å². The molecule has 1 aromatic heterocycles. The Kier molecular flexibility index (Phi) is 5.39. The van der Waals surface area contributed by atoms with Crippen LogP contribution in [0.15, 0.2) is 30.3 Å². The number of hydrogen-bond acceptors (Lipinski definition) is 5. The highest BCUT2D eigenvalue weighted by Crippen LogP contribution is 2.30. The minimum atomic E-state index is -5.80. The lowest BCUT2D eigenvalue weighted by molar-refractivity contribution is -0.0500. The second-order valence-electron chi connectivity index (χ2n) is 6.28. The van der Waals surface area contributed by atoms with Crippen molar-refractivity contribution in [1.29, 1.82) is 0 Å². The standard InChI is InChI=1S/C16H15F3NO4S2/c1-15(2,3)13-8-7-12(25-13)14(21)20-10-5-4-6-11(9-10)24-26(22,23)16(17,18)19/h4-8H,1-3H3,(H,20,21). The van der Waals surface area contributed by atoms with E-state index in [1.54, 1.807) is 6.07 Å². The van der Waals surface area contributed by atoms with E-state index in [0.717, 1.165) is 10.9 Å². The predicted molar refractivity (Wildman–Crippen MR) is 91.9 cm³/mol. The van der Waals surface area contributed by atoms with Crippen LogP contribution in [0.5, 0.6) is 5.75 Å². The molecule has 1 radical (unpaired) electrons. The molecule has 1 aromatic carbocycles. The van der Waals surface area contributed by atoms with Gasteiger partial charge >= 0.3 is 15.6 Å². The molecule has 5 nitrogen and oxygen atoms in total. The van der Waals surface area contributed by atoms with Gasteiger partial charge in [-0.05, 0) is 29.7 Å². The summed E-state index contributed by atoms with van der Waals surface area (Å²) in [5.74, 6) is -1.17. The number of halogens is 3. The molecule has 2 aromatic rings. The monoisotopic (exact) mass is 406 g/mol. The number of carbonyl (C=O) groups excluding carboxylic acids is 1. The summed E-state index contributed by atoms with van der Waals surface area (Å²) in [5, 5.41) is 2.45. The number of amides is 1. The van der Waals surface area contributed by atoms with Crippen LogP contribution in [0.4, 0.5) is 18.9 Å². The molecule has 0 unspecified atom stereocenters. The fourth-order valence-corrected chi connectivity index (χ4v) is 3.17. The van der Waals surface area contributed by atoms with Crippen LogP contribution in [-0.2, 0) is 15.5 Å². The van der Waals surface area contributed by atoms with Gasteiger partial charge in [0.2, 0.25) is 0 Å². The first-order valence-electron chi connectivity index (χ1n) is 7.24. The number of rotatable bonds is 4. The summed E-state index contributed by atoms with van der Waals surface area (Å²) in [6.07, 6.45) is 0. The molecule has 0 spiro atoms. The number of benzene rings is 1. The van der Waals surface area contributed by atoms with Gasteiger partial charge in [0.25, 0.3) is 5.91 Å². The van der Waals surface area contributed by atoms with E-state index in [4.69, 9.17) is 0 Å². The summed E-state index contributed by atoms with van der Waals surface area (Å²) in [7, 11) is -5.80. The molecule has 1 amide bonds. The molecule has 0 fully saturated rings. The molecule has 0 aliphatic rings. The third-order valence-corrected chi connectivity index (χ3v) is 5.54. The molecule has 10 heteroatoms. The van der Waals surface area contributed by atoms with E-state index in [2.05, 4.69) is 15.6 Å². The largest absolute Gasteiger partial charge is 0.534 e. The molecule has 141 valence electrons. The van der Waals surface area contributed by atoms with Gasteiger partial charge in [-0.3, -0.25) is 4.79 Å². The van der Waals surface area contributed by atoms with Crippen LogP contribution in [0, 0.1) is 6.07 Å². The second-order valence-corrected chi connectivity index (χ2v) is 8.90. The van der Waals surface area contributed by atoms with Gasteiger partial charge in [0, 0.05) is 4.88 Å². The molecular weight excluding hydrogens is 391 g/mol. The number of hydrogen-bond donors (Lipinski definition) is 1. The number of carbonyl (C=O) groups is 1. The maximum atomic E-state index is 12.4. The number of anilines is 1. The SMILES string of the molecule is CC(C)(C)c1ccc(C(=O)Nc2[c]c(OS(=O)(=O)C(F)(F)F)ccc2)s1. The van der Waals surface area contributed by atoms with Gasteiger partial charge in [0.15, 0.2) is 5.75 Å². The Morgan fingerprint density at radius 3 is 2.35 bits per heavy atom. The molecule has 1 N–H and O–H groups in total. The zero-order chi connectivity index (χ0) is 19.8. The molecule has 0 aliphatic heterocycles. The Balaban J connectivity index is 2.16. The van der Waals surface area contributed by atoms with Crippen molar-refractivity contribution in [2.75, 3.05) is 5.32 Å². The Bertz CT molecular complexity index is 912. The van der Waals surface area contributed by atoms with Gasteiger partial charge in [-0.1, -0.05) is 26.8 Å². The summed E-state index contributed by atoms with van der Waals surface area (Å²) >= 11 is 1.28. The first-order valence-corrected chi connectivity index (χ1v) is 9.47. The van der Waals surface area contributed by atoms with Crippen molar-refractivity contribution >= 4 is 33.0 Å². The molecular formula is C16H15F3NO4S2. The van der Waals surface area contributed by atoms with Crippen LogP contribution in [0.25, 0.3) is 0 Å². The lowest BCUT2D eigenvalue weighted by Crippen LogP contribution is -2.28. The van der Waals surface area contributed by atoms with Gasteiger partial charge in [0.05, 0.1) is 16.6 Å². The van der Waals surface area contributed by atoms with Crippen molar-refractivity contribution in [3.63, 3.8) is 0 Å². The summed E-state index contributed by atoms with van der Waals surface area (Å²) in [5.41, 5.74) is -5.70. The summed E-state index contributed by atoms with van der Waals surface area (Å²) in [6.45, 7) is 5.99.